The lowest BCUT2D eigenvalue weighted by atomic mass is 10.1. The Labute approximate surface area is 162 Å². The third kappa shape index (κ3) is 8.25. The Morgan fingerprint density at radius 1 is 0.846 bits per heavy atom. The summed E-state index contributed by atoms with van der Waals surface area (Å²) in [6.07, 6.45) is 6.96. The molecule has 138 valence electrons. The minimum Gasteiger partial charge on any atom is -0.356 e. The van der Waals surface area contributed by atoms with Crippen molar-refractivity contribution in [3.63, 3.8) is 0 Å². The average Bonchev–Trinajstić information content (AvgIpc) is 2.66. The Morgan fingerprint density at radius 3 is 2.27 bits per heavy atom. The molecule has 0 saturated heterocycles. The van der Waals surface area contributed by atoms with E-state index in [1.165, 1.54) is 5.56 Å². The molecular weight excluding hydrogens is 394 g/mol. The highest BCUT2D eigenvalue weighted by molar-refractivity contribution is 9.10. The van der Waals surface area contributed by atoms with Crippen molar-refractivity contribution in [3.05, 3.63) is 64.4 Å². The lowest BCUT2D eigenvalue weighted by Gasteiger charge is -2.07. The first-order valence-corrected chi connectivity index (χ1v) is 9.59. The average molecular weight is 418 g/mol. The Hall–Kier alpha value is -2.21. The van der Waals surface area contributed by atoms with Crippen LogP contribution in [0.25, 0.3) is 0 Å². The molecule has 2 rings (SSSR count). The molecule has 0 aliphatic carbocycles. The molecule has 0 aliphatic heterocycles. The number of unbranched alkanes of at least 4 members (excludes halogenated alkanes) is 1. The molecule has 6 heteroatoms. The molecule has 26 heavy (non-hydrogen) atoms. The molecule has 0 fully saturated rings. The maximum absolute atomic E-state index is 11.8. The predicted molar refractivity (Wildman–Crippen MR) is 105 cm³/mol. The second kappa shape index (κ2) is 11.4. The van der Waals surface area contributed by atoms with Crippen molar-refractivity contribution in [2.75, 3.05) is 6.54 Å². The number of hydrogen-bond acceptors (Lipinski definition) is 3. The van der Waals surface area contributed by atoms with Crippen molar-refractivity contribution in [1.29, 1.82) is 0 Å². The zero-order valence-electron chi connectivity index (χ0n) is 14.7. The van der Waals surface area contributed by atoms with Gasteiger partial charge in [-0.1, -0.05) is 28.1 Å². The van der Waals surface area contributed by atoms with Crippen LogP contribution in [0.4, 0.5) is 0 Å². The van der Waals surface area contributed by atoms with Gasteiger partial charge < -0.3 is 10.6 Å². The molecule has 0 atom stereocenters. The number of hydrogen-bond donors (Lipinski definition) is 2. The maximum Gasteiger partial charge on any atom is 0.222 e. The van der Waals surface area contributed by atoms with Crippen LogP contribution in [0.5, 0.6) is 0 Å². The standard InChI is InChI=1S/C20H24BrN3O2/c21-18-7-5-16(6-8-18)3-1-2-4-19(25)23-14-11-20(26)24-15-17-9-12-22-13-10-17/h5-10,12-13H,1-4,11,14-15H2,(H,23,25)(H,24,26). The highest BCUT2D eigenvalue weighted by Crippen LogP contribution is 2.12. The monoisotopic (exact) mass is 417 g/mol. The minimum absolute atomic E-state index is 0.00254. The largest absolute Gasteiger partial charge is 0.356 e. The second-order valence-electron chi connectivity index (χ2n) is 6.07. The van der Waals surface area contributed by atoms with E-state index in [1.807, 2.05) is 24.3 Å². The quantitative estimate of drug-likeness (QED) is 0.582. The third-order valence-electron chi connectivity index (χ3n) is 3.95. The molecule has 2 N–H and O–H groups in total. The number of rotatable bonds is 10. The van der Waals surface area contributed by atoms with E-state index in [1.54, 1.807) is 12.4 Å². The van der Waals surface area contributed by atoms with Crippen LogP contribution >= 0.6 is 15.9 Å². The smallest absolute Gasteiger partial charge is 0.222 e. The molecular formula is C20H24BrN3O2. The van der Waals surface area contributed by atoms with Gasteiger partial charge in [0.15, 0.2) is 0 Å². The molecule has 1 heterocycles. The second-order valence-corrected chi connectivity index (χ2v) is 6.98. The molecule has 0 radical (unpaired) electrons. The molecule has 0 saturated carbocycles. The van der Waals surface area contributed by atoms with Crippen molar-refractivity contribution in [1.82, 2.24) is 15.6 Å². The van der Waals surface area contributed by atoms with Gasteiger partial charge in [0.1, 0.15) is 0 Å². The van der Waals surface area contributed by atoms with Gasteiger partial charge in [0.05, 0.1) is 0 Å². The summed E-state index contributed by atoms with van der Waals surface area (Å²) in [6.45, 7) is 0.846. The van der Waals surface area contributed by atoms with Gasteiger partial charge in [-0.15, -0.1) is 0 Å². The molecule has 1 aromatic carbocycles. The number of aryl methyl sites for hydroxylation is 1. The lowest BCUT2D eigenvalue weighted by Crippen LogP contribution is -2.30. The Kier molecular flexibility index (Phi) is 8.83. The summed E-state index contributed by atoms with van der Waals surface area (Å²) in [6, 6.07) is 12.0. The van der Waals surface area contributed by atoms with Gasteiger partial charge in [-0.3, -0.25) is 14.6 Å². The van der Waals surface area contributed by atoms with Crippen molar-refractivity contribution < 1.29 is 9.59 Å². The number of benzene rings is 1. The number of carbonyl (C=O) groups excluding carboxylic acids is 2. The normalized spacial score (nSPS) is 10.3. The fourth-order valence-corrected chi connectivity index (χ4v) is 2.72. The van der Waals surface area contributed by atoms with Gasteiger partial charge in [0.25, 0.3) is 0 Å². The van der Waals surface area contributed by atoms with E-state index in [9.17, 15) is 9.59 Å². The van der Waals surface area contributed by atoms with Crippen LogP contribution in [0.3, 0.4) is 0 Å². The van der Waals surface area contributed by atoms with Crippen LogP contribution in [0.15, 0.2) is 53.3 Å². The molecule has 0 bridgehead atoms. The molecule has 5 nitrogen and oxygen atoms in total. The van der Waals surface area contributed by atoms with Gasteiger partial charge in [-0.25, -0.2) is 0 Å². The van der Waals surface area contributed by atoms with Crippen LogP contribution in [-0.4, -0.2) is 23.3 Å². The van der Waals surface area contributed by atoms with Gasteiger partial charge in [-0.05, 0) is 54.7 Å². The summed E-state index contributed by atoms with van der Waals surface area (Å²) in [5, 5.41) is 5.63. The first kappa shape index (κ1) is 20.1. The van der Waals surface area contributed by atoms with Gasteiger partial charge in [-0.2, -0.15) is 0 Å². The predicted octanol–water partition coefficient (Wildman–Crippen LogP) is 3.38. The minimum atomic E-state index is -0.0719. The van der Waals surface area contributed by atoms with E-state index in [4.69, 9.17) is 0 Å². The summed E-state index contributed by atoms with van der Waals surface area (Å²) < 4.78 is 1.07. The summed E-state index contributed by atoms with van der Waals surface area (Å²) in [5.74, 6) is -0.0694. The number of nitrogens with zero attached hydrogens (tertiary/aromatic N) is 1. The Balaban J connectivity index is 1.50. The molecule has 1 aromatic heterocycles. The molecule has 0 unspecified atom stereocenters. The fraction of sp³-hybridized carbons (Fsp3) is 0.350. The first-order chi connectivity index (χ1) is 12.6. The highest BCUT2D eigenvalue weighted by Gasteiger charge is 2.04. The summed E-state index contributed by atoms with van der Waals surface area (Å²) >= 11 is 3.42. The van der Waals surface area contributed by atoms with E-state index in [0.717, 1.165) is 29.3 Å². The van der Waals surface area contributed by atoms with Crippen molar-refractivity contribution >= 4 is 27.7 Å². The highest BCUT2D eigenvalue weighted by atomic mass is 79.9. The lowest BCUT2D eigenvalue weighted by molar-refractivity contribution is -0.122. The summed E-state index contributed by atoms with van der Waals surface area (Å²) in [4.78, 5) is 27.5. The topological polar surface area (TPSA) is 71.1 Å². The van der Waals surface area contributed by atoms with E-state index in [2.05, 4.69) is 43.7 Å². The van der Waals surface area contributed by atoms with Crippen LogP contribution in [0.2, 0.25) is 0 Å². The van der Waals surface area contributed by atoms with Crippen LogP contribution in [-0.2, 0) is 22.6 Å². The molecule has 0 aliphatic rings. The van der Waals surface area contributed by atoms with Crippen molar-refractivity contribution in [2.45, 2.75) is 38.6 Å². The number of pyridine rings is 1. The Morgan fingerprint density at radius 2 is 1.54 bits per heavy atom. The van der Waals surface area contributed by atoms with Crippen LogP contribution < -0.4 is 10.6 Å². The maximum atomic E-state index is 11.8. The van der Waals surface area contributed by atoms with Crippen molar-refractivity contribution in [2.24, 2.45) is 0 Å². The van der Waals surface area contributed by atoms with Gasteiger partial charge >= 0.3 is 0 Å². The summed E-state index contributed by atoms with van der Waals surface area (Å²) in [5.41, 5.74) is 2.28. The SMILES string of the molecule is O=C(CCCCc1ccc(Br)cc1)NCCC(=O)NCc1ccncc1. The zero-order chi connectivity index (χ0) is 18.6. The number of nitrogens with one attached hydrogen (secondary N) is 2. The number of carbonyl (C=O) groups is 2. The first-order valence-electron chi connectivity index (χ1n) is 8.80. The van der Waals surface area contributed by atoms with Crippen LogP contribution in [0, 0.1) is 0 Å². The van der Waals surface area contributed by atoms with E-state index >= 15 is 0 Å². The molecule has 2 amide bonds. The van der Waals surface area contributed by atoms with E-state index < -0.39 is 0 Å². The van der Waals surface area contributed by atoms with E-state index in [-0.39, 0.29) is 18.2 Å². The van der Waals surface area contributed by atoms with Gasteiger partial charge in [0, 0.05) is 42.8 Å². The zero-order valence-corrected chi connectivity index (χ0v) is 16.3. The van der Waals surface area contributed by atoms with Crippen molar-refractivity contribution in [3.8, 4) is 0 Å². The Bertz CT molecular complexity index is 690. The van der Waals surface area contributed by atoms with Gasteiger partial charge in [0.2, 0.25) is 11.8 Å². The molecule has 2 aromatic rings. The van der Waals surface area contributed by atoms with E-state index in [0.29, 0.717) is 19.5 Å². The fourth-order valence-electron chi connectivity index (χ4n) is 2.46. The number of amides is 2. The van der Waals surface area contributed by atoms with Crippen LogP contribution in [0.1, 0.15) is 36.8 Å². The number of halogens is 1. The third-order valence-corrected chi connectivity index (χ3v) is 4.47. The molecule has 0 spiro atoms. The number of aromatic nitrogens is 1. The summed E-state index contributed by atoms with van der Waals surface area (Å²) in [7, 11) is 0.